The van der Waals surface area contributed by atoms with Crippen LogP contribution in [0.25, 0.3) is 22.0 Å². The molecule has 0 unspecified atom stereocenters. The van der Waals surface area contributed by atoms with Gasteiger partial charge < -0.3 is 14.7 Å². The number of benzene rings is 2. The second-order valence-electron chi connectivity index (χ2n) is 7.48. The molecule has 5 nitrogen and oxygen atoms in total. The lowest BCUT2D eigenvalue weighted by molar-refractivity contribution is 0.201. The summed E-state index contributed by atoms with van der Waals surface area (Å²) < 4.78 is 5.48. The summed E-state index contributed by atoms with van der Waals surface area (Å²) in [5.41, 5.74) is 2.04. The SMILES string of the molecule is CCCN1CCN(c2nc(-c3ccc(OCCO)cc3)cc3ccccc23)CC1.Cl.Cl. The van der Waals surface area contributed by atoms with E-state index in [4.69, 9.17) is 14.8 Å². The lowest BCUT2D eigenvalue weighted by Gasteiger charge is -2.36. The average molecular weight is 464 g/mol. The summed E-state index contributed by atoms with van der Waals surface area (Å²) >= 11 is 0. The van der Waals surface area contributed by atoms with Crippen LogP contribution in [0.1, 0.15) is 13.3 Å². The molecule has 1 aromatic heterocycles. The van der Waals surface area contributed by atoms with Crippen LogP contribution in [0.5, 0.6) is 5.75 Å². The number of nitrogens with zero attached hydrogens (tertiary/aromatic N) is 3. The lowest BCUT2D eigenvalue weighted by Crippen LogP contribution is -2.46. The maximum atomic E-state index is 8.92. The number of ether oxygens (including phenoxy) is 1. The molecule has 0 saturated carbocycles. The fourth-order valence-corrected chi connectivity index (χ4v) is 3.95. The Bertz CT molecular complexity index is 945. The van der Waals surface area contributed by atoms with Crippen molar-refractivity contribution in [3.05, 3.63) is 54.6 Å². The number of hydrogen-bond donors (Lipinski definition) is 1. The summed E-state index contributed by atoms with van der Waals surface area (Å²) in [6, 6.07) is 18.6. The number of pyridine rings is 1. The molecule has 4 rings (SSSR count). The molecule has 1 aliphatic rings. The van der Waals surface area contributed by atoms with Crippen LogP contribution in [0.2, 0.25) is 0 Å². The third-order valence-electron chi connectivity index (χ3n) is 5.44. The first kappa shape index (κ1) is 25.2. The normalized spacial score (nSPS) is 14.1. The Hall–Kier alpha value is -2.05. The highest BCUT2D eigenvalue weighted by Crippen LogP contribution is 2.31. The van der Waals surface area contributed by atoms with Crippen LogP contribution in [-0.2, 0) is 0 Å². The van der Waals surface area contributed by atoms with Crippen LogP contribution in [-0.4, -0.2) is 60.9 Å². The second-order valence-corrected chi connectivity index (χ2v) is 7.48. The third kappa shape index (κ3) is 6.01. The quantitative estimate of drug-likeness (QED) is 0.552. The van der Waals surface area contributed by atoms with Crippen LogP contribution in [0, 0.1) is 0 Å². The van der Waals surface area contributed by atoms with Gasteiger partial charge in [-0.2, -0.15) is 0 Å². The maximum absolute atomic E-state index is 8.92. The molecule has 1 N–H and O–H groups in total. The van der Waals surface area contributed by atoms with Crippen LogP contribution in [0.15, 0.2) is 54.6 Å². The van der Waals surface area contributed by atoms with E-state index in [-0.39, 0.29) is 31.4 Å². The molecular weight excluding hydrogens is 433 g/mol. The Kier molecular flexibility index (Phi) is 9.85. The standard InChI is InChI=1S/C24H29N3O2.2ClH/c1-2-11-26-12-14-27(15-13-26)24-22-6-4-3-5-20(22)18-23(25-24)19-7-9-21(10-8-19)29-17-16-28;;/h3-10,18,28H,2,11-17H2,1H3;2*1H. The van der Waals surface area contributed by atoms with Gasteiger partial charge in [-0.1, -0.05) is 31.2 Å². The number of aromatic nitrogens is 1. The van der Waals surface area contributed by atoms with Gasteiger partial charge in [-0.15, -0.1) is 24.8 Å². The molecule has 0 spiro atoms. The molecule has 2 heterocycles. The van der Waals surface area contributed by atoms with Crippen LogP contribution in [0.4, 0.5) is 5.82 Å². The van der Waals surface area contributed by atoms with Crippen LogP contribution in [0.3, 0.4) is 0 Å². The summed E-state index contributed by atoms with van der Waals surface area (Å²) in [4.78, 5) is 10.0. The largest absolute Gasteiger partial charge is 0.491 e. The zero-order valence-electron chi connectivity index (χ0n) is 17.9. The van der Waals surface area contributed by atoms with Gasteiger partial charge in [0.2, 0.25) is 0 Å². The molecule has 3 aromatic rings. The predicted molar refractivity (Wildman–Crippen MR) is 133 cm³/mol. The maximum Gasteiger partial charge on any atom is 0.137 e. The smallest absolute Gasteiger partial charge is 0.137 e. The Morgan fingerprint density at radius 3 is 2.35 bits per heavy atom. The summed E-state index contributed by atoms with van der Waals surface area (Å²) in [5, 5.41) is 11.3. The molecule has 0 bridgehead atoms. The van der Waals surface area contributed by atoms with Crippen molar-refractivity contribution < 1.29 is 9.84 Å². The second kappa shape index (κ2) is 12.1. The van der Waals surface area contributed by atoms with Crippen molar-refractivity contribution in [3.8, 4) is 17.0 Å². The molecule has 0 amide bonds. The molecule has 168 valence electrons. The number of piperazine rings is 1. The zero-order valence-corrected chi connectivity index (χ0v) is 19.5. The van der Waals surface area contributed by atoms with Gasteiger partial charge in [0.15, 0.2) is 0 Å². The highest BCUT2D eigenvalue weighted by Gasteiger charge is 2.20. The van der Waals surface area contributed by atoms with Crippen LogP contribution < -0.4 is 9.64 Å². The van der Waals surface area contributed by atoms with Gasteiger partial charge in [-0.05, 0) is 48.7 Å². The molecule has 1 aliphatic heterocycles. The number of hydrogen-bond acceptors (Lipinski definition) is 5. The number of aliphatic hydroxyl groups is 1. The predicted octanol–water partition coefficient (Wildman–Crippen LogP) is 4.65. The molecule has 2 aromatic carbocycles. The minimum atomic E-state index is 0. The summed E-state index contributed by atoms with van der Waals surface area (Å²) in [6.07, 6.45) is 1.20. The van der Waals surface area contributed by atoms with E-state index in [1.807, 2.05) is 24.3 Å². The van der Waals surface area contributed by atoms with Gasteiger partial charge in [-0.3, -0.25) is 4.90 Å². The van der Waals surface area contributed by atoms with Crippen molar-refractivity contribution in [2.45, 2.75) is 13.3 Å². The van der Waals surface area contributed by atoms with E-state index >= 15 is 0 Å². The summed E-state index contributed by atoms with van der Waals surface area (Å²) in [5.74, 6) is 1.84. The average Bonchev–Trinajstić information content (AvgIpc) is 2.78. The molecule has 0 atom stereocenters. The molecule has 31 heavy (non-hydrogen) atoms. The first-order valence-electron chi connectivity index (χ1n) is 10.5. The third-order valence-corrected chi connectivity index (χ3v) is 5.44. The number of halogens is 2. The number of fused-ring (bicyclic) bond motifs is 1. The van der Waals surface area contributed by atoms with Gasteiger partial charge in [0.1, 0.15) is 18.2 Å². The van der Waals surface area contributed by atoms with Crippen molar-refractivity contribution in [1.82, 2.24) is 9.88 Å². The highest BCUT2D eigenvalue weighted by molar-refractivity contribution is 5.95. The first-order chi connectivity index (χ1) is 14.3. The van der Waals surface area contributed by atoms with E-state index in [0.717, 1.165) is 49.0 Å². The highest BCUT2D eigenvalue weighted by atomic mass is 35.5. The minimum absolute atomic E-state index is 0. The van der Waals surface area contributed by atoms with E-state index < -0.39 is 0 Å². The Morgan fingerprint density at radius 2 is 1.68 bits per heavy atom. The van der Waals surface area contributed by atoms with E-state index in [1.54, 1.807) is 0 Å². The van der Waals surface area contributed by atoms with Gasteiger partial charge in [0.25, 0.3) is 0 Å². The zero-order chi connectivity index (χ0) is 20.1. The molecule has 0 radical (unpaired) electrons. The number of aliphatic hydroxyl groups excluding tert-OH is 1. The van der Waals surface area contributed by atoms with Crippen molar-refractivity contribution in [2.75, 3.05) is 50.8 Å². The first-order valence-corrected chi connectivity index (χ1v) is 10.5. The Balaban J connectivity index is 0.00000171. The van der Waals surface area contributed by atoms with Crippen molar-refractivity contribution in [2.24, 2.45) is 0 Å². The Labute approximate surface area is 196 Å². The van der Waals surface area contributed by atoms with E-state index in [9.17, 15) is 0 Å². The number of rotatable bonds is 7. The van der Waals surface area contributed by atoms with Crippen molar-refractivity contribution in [3.63, 3.8) is 0 Å². The molecular formula is C24H31Cl2N3O2. The minimum Gasteiger partial charge on any atom is -0.491 e. The van der Waals surface area contributed by atoms with Gasteiger partial charge in [-0.25, -0.2) is 4.98 Å². The number of anilines is 1. The summed E-state index contributed by atoms with van der Waals surface area (Å²) in [6.45, 7) is 7.93. The monoisotopic (exact) mass is 463 g/mol. The van der Waals surface area contributed by atoms with E-state index in [0.29, 0.717) is 6.61 Å². The van der Waals surface area contributed by atoms with E-state index in [2.05, 4.69) is 47.1 Å². The Morgan fingerprint density at radius 1 is 0.968 bits per heavy atom. The topological polar surface area (TPSA) is 48.8 Å². The lowest BCUT2D eigenvalue weighted by atomic mass is 10.1. The van der Waals surface area contributed by atoms with Crippen LogP contribution >= 0.6 is 24.8 Å². The fraction of sp³-hybridized carbons (Fsp3) is 0.375. The summed E-state index contributed by atoms with van der Waals surface area (Å²) in [7, 11) is 0. The van der Waals surface area contributed by atoms with Gasteiger partial charge >= 0.3 is 0 Å². The van der Waals surface area contributed by atoms with Gasteiger partial charge in [0, 0.05) is 37.1 Å². The van der Waals surface area contributed by atoms with Crippen molar-refractivity contribution >= 4 is 41.4 Å². The van der Waals surface area contributed by atoms with Crippen molar-refractivity contribution in [1.29, 1.82) is 0 Å². The van der Waals surface area contributed by atoms with E-state index in [1.165, 1.54) is 23.7 Å². The molecule has 1 fully saturated rings. The van der Waals surface area contributed by atoms with Gasteiger partial charge in [0.05, 0.1) is 12.3 Å². The fourth-order valence-electron chi connectivity index (χ4n) is 3.95. The molecule has 1 saturated heterocycles. The molecule has 7 heteroatoms. The molecule has 0 aliphatic carbocycles.